The van der Waals surface area contributed by atoms with E-state index < -0.39 is 21.5 Å². The van der Waals surface area contributed by atoms with Crippen LogP contribution in [0.2, 0.25) is 0 Å². The molecule has 0 aliphatic carbocycles. The van der Waals surface area contributed by atoms with E-state index in [1.54, 1.807) is 24.1 Å². The van der Waals surface area contributed by atoms with Crippen LogP contribution in [0.4, 0.5) is 32.1 Å². The van der Waals surface area contributed by atoms with Gasteiger partial charge in [0.2, 0.25) is 5.95 Å². The quantitative estimate of drug-likeness (QED) is 0.449. The van der Waals surface area contributed by atoms with Gasteiger partial charge in [-0.15, -0.1) is 0 Å². The Morgan fingerprint density at radius 1 is 1.12 bits per heavy atom. The molecule has 0 amide bonds. The van der Waals surface area contributed by atoms with Gasteiger partial charge in [0.05, 0.1) is 12.6 Å². The highest BCUT2D eigenvalue weighted by molar-refractivity contribution is 7.90. The van der Waals surface area contributed by atoms with Gasteiger partial charge in [-0.05, 0) is 30.3 Å². The highest BCUT2D eigenvalue weighted by Gasteiger charge is 2.18. The number of nitrogens with zero attached hydrogens (tertiary/aromatic N) is 4. The number of H-pyrrole nitrogens is 1. The molecule has 0 saturated carbocycles. The molecular weight excluding hydrogens is 442 g/mol. The van der Waals surface area contributed by atoms with Gasteiger partial charge in [0.1, 0.15) is 16.5 Å². The summed E-state index contributed by atoms with van der Waals surface area (Å²) in [7, 11) is -0.470. The molecule has 12 heteroatoms. The zero-order chi connectivity index (χ0) is 23.0. The van der Waals surface area contributed by atoms with Crippen LogP contribution in [0.5, 0.6) is 5.75 Å². The summed E-state index contributed by atoms with van der Waals surface area (Å²) in [4.78, 5) is 10.2. The first-order valence-corrected chi connectivity index (χ1v) is 11.1. The molecule has 166 valence electrons. The van der Waals surface area contributed by atoms with Gasteiger partial charge in [-0.1, -0.05) is 0 Å². The van der Waals surface area contributed by atoms with E-state index in [-0.39, 0.29) is 16.6 Å². The number of fused-ring (bicyclic) bond motifs is 1. The number of hydrogen-bond acceptors (Lipinski definition) is 8. The largest absolute Gasteiger partial charge is 0.495 e. The number of hydrogen-bond donors (Lipinski definition) is 2. The topological polar surface area (TPSA) is 113 Å². The van der Waals surface area contributed by atoms with Gasteiger partial charge < -0.3 is 15.0 Å². The van der Waals surface area contributed by atoms with Crippen molar-refractivity contribution >= 4 is 44.0 Å². The van der Waals surface area contributed by atoms with E-state index in [2.05, 4.69) is 25.5 Å². The zero-order valence-electron chi connectivity index (χ0n) is 17.2. The monoisotopic (exact) mass is 460 g/mol. The van der Waals surface area contributed by atoms with Crippen LogP contribution in [0.25, 0.3) is 10.9 Å². The number of benzene rings is 2. The highest BCUT2D eigenvalue weighted by atomic mass is 32.2. The maximum absolute atomic E-state index is 13.7. The molecule has 0 radical (unpaired) electrons. The average molecular weight is 460 g/mol. The molecule has 2 N–H and O–H groups in total. The van der Waals surface area contributed by atoms with Crippen molar-refractivity contribution in [2.45, 2.75) is 4.90 Å². The van der Waals surface area contributed by atoms with Crippen LogP contribution in [-0.2, 0) is 9.84 Å². The molecule has 0 spiro atoms. The van der Waals surface area contributed by atoms with E-state index in [0.29, 0.717) is 28.2 Å². The molecule has 0 aliphatic heterocycles. The molecule has 9 nitrogen and oxygen atoms in total. The molecule has 4 aromatic rings. The Labute approximate surface area is 182 Å². The minimum Gasteiger partial charge on any atom is -0.495 e. The molecule has 32 heavy (non-hydrogen) atoms. The maximum atomic E-state index is 13.7. The fraction of sp³-hybridized carbons (Fsp3) is 0.150. The van der Waals surface area contributed by atoms with Crippen molar-refractivity contribution in [3.8, 4) is 5.75 Å². The molecule has 2 aromatic carbocycles. The number of rotatable bonds is 6. The fourth-order valence-electron chi connectivity index (χ4n) is 3.13. The van der Waals surface area contributed by atoms with Crippen LogP contribution in [0.1, 0.15) is 0 Å². The third-order valence-corrected chi connectivity index (χ3v) is 5.82. The molecule has 0 fully saturated rings. The van der Waals surface area contributed by atoms with Gasteiger partial charge in [0.15, 0.2) is 27.3 Å². The lowest BCUT2D eigenvalue weighted by Crippen LogP contribution is -2.13. The molecule has 0 atom stereocenters. The van der Waals surface area contributed by atoms with Crippen molar-refractivity contribution in [2.24, 2.45) is 0 Å². The number of aromatic nitrogens is 4. The van der Waals surface area contributed by atoms with Crippen LogP contribution in [0, 0.1) is 11.6 Å². The van der Waals surface area contributed by atoms with E-state index in [4.69, 9.17) is 4.74 Å². The van der Waals surface area contributed by atoms with E-state index in [9.17, 15) is 17.2 Å². The molecule has 4 rings (SSSR count). The van der Waals surface area contributed by atoms with Crippen LogP contribution < -0.4 is 15.0 Å². The minimum absolute atomic E-state index is 0.0236. The molecule has 2 heterocycles. The van der Waals surface area contributed by atoms with Crippen LogP contribution in [0.15, 0.2) is 47.5 Å². The highest BCUT2D eigenvalue weighted by Crippen LogP contribution is 2.31. The third-order valence-electron chi connectivity index (χ3n) is 4.71. The predicted molar refractivity (Wildman–Crippen MR) is 115 cm³/mol. The summed E-state index contributed by atoms with van der Waals surface area (Å²) in [6, 6.07) is 8.29. The summed E-state index contributed by atoms with van der Waals surface area (Å²) in [6.45, 7) is 0. The molecule has 0 saturated heterocycles. The number of anilines is 4. The summed E-state index contributed by atoms with van der Waals surface area (Å²) in [5.41, 5.74) is 0.776. The molecule has 0 bridgehead atoms. The van der Waals surface area contributed by atoms with Crippen molar-refractivity contribution in [1.82, 2.24) is 20.2 Å². The molecular formula is C20H18F2N6O3S. The van der Waals surface area contributed by atoms with Gasteiger partial charge in [0, 0.05) is 36.6 Å². The Kier molecular flexibility index (Phi) is 5.38. The molecule has 0 aliphatic rings. The number of methoxy groups -OCH3 is 1. The summed E-state index contributed by atoms with van der Waals surface area (Å²) < 4.78 is 56.4. The summed E-state index contributed by atoms with van der Waals surface area (Å²) in [6.07, 6.45) is 2.58. The van der Waals surface area contributed by atoms with E-state index in [0.717, 1.165) is 18.4 Å². The standard InChI is InChI=1S/C20H18F2N6O3S/c1-28(19-12-9-13(21)14(22)10-15(12)26-27-19)18-6-7-23-20(25-18)24-11-4-5-16(31-2)17(8-11)32(3,29)30/h4-10H,1-3H3,(H,26,27)(H,23,24,25). The van der Waals surface area contributed by atoms with Gasteiger partial charge in [-0.2, -0.15) is 10.1 Å². The van der Waals surface area contributed by atoms with Gasteiger partial charge in [0.25, 0.3) is 0 Å². The SMILES string of the molecule is COc1ccc(Nc2nccc(N(C)c3n[nH]c4cc(F)c(F)cc34)n2)cc1S(C)(=O)=O. The van der Waals surface area contributed by atoms with Crippen molar-refractivity contribution < 1.29 is 21.9 Å². The van der Waals surface area contributed by atoms with Crippen molar-refractivity contribution in [3.05, 3.63) is 54.2 Å². The summed E-state index contributed by atoms with van der Waals surface area (Å²) in [5, 5.41) is 10.1. The zero-order valence-corrected chi connectivity index (χ0v) is 18.0. The Hall–Kier alpha value is -3.80. The first-order valence-electron chi connectivity index (χ1n) is 9.22. The smallest absolute Gasteiger partial charge is 0.229 e. The maximum Gasteiger partial charge on any atom is 0.229 e. The second-order valence-electron chi connectivity index (χ2n) is 6.92. The molecule has 2 aromatic heterocycles. The van der Waals surface area contributed by atoms with Gasteiger partial charge >= 0.3 is 0 Å². The van der Waals surface area contributed by atoms with E-state index in [1.807, 2.05) is 0 Å². The number of nitrogens with one attached hydrogen (secondary N) is 2. The normalized spacial score (nSPS) is 11.5. The lowest BCUT2D eigenvalue weighted by atomic mass is 10.2. The molecule has 0 unspecified atom stereocenters. The van der Waals surface area contributed by atoms with Crippen LogP contribution >= 0.6 is 0 Å². The first-order chi connectivity index (χ1) is 15.2. The van der Waals surface area contributed by atoms with Crippen molar-refractivity contribution in [1.29, 1.82) is 0 Å². The fourth-order valence-corrected chi connectivity index (χ4v) is 3.99. The van der Waals surface area contributed by atoms with Crippen LogP contribution in [-0.4, -0.2) is 49.0 Å². The Bertz CT molecular complexity index is 1420. The average Bonchev–Trinajstić information content (AvgIpc) is 3.15. The Morgan fingerprint density at radius 3 is 2.59 bits per heavy atom. The lowest BCUT2D eigenvalue weighted by molar-refractivity contribution is 0.403. The second-order valence-corrected chi connectivity index (χ2v) is 8.90. The Morgan fingerprint density at radius 2 is 1.88 bits per heavy atom. The predicted octanol–water partition coefficient (Wildman–Crippen LogP) is 3.55. The van der Waals surface area contributed by atoms with E-state index >= 15 is 0 Å². The van der Waals surface area contributed by atoms with Crippen LogP contribution in [0.3, 0.4) is 0 Å². The van der Waals surface area contributed by atoms with Crippen molar-refractivity contribution in [2.75, 3.05) is 30.6 Å². The number of ether oxygens (including phenoxy) is 1. The third kappa shape index (κ3) is 4.04. The van der Waals surface area contributed by atoms with Gasteiger partial charge in [-0.25, -0.2) is 22.2 Å². The first kappa shape index (κ1) is 21.4. The summed E-state index contributed by atoms with van der Waals surface area (Å²) in [5.74, 6) is -0.793. The van der Waals surface area contributed by atoms with E-state index in [1.165, 1.54) is 25.4 Å². The number of aromatic amines is 1. The minimum atomic E-state index is -3.52. The Balaban J connectivity index is 1.66. The summed E-state index contributed by atoms with van der Waals surface area (Å²) >= 11 is 0. The second kappa shape index (κ2) is 8.04. The number of sulfone groups is 1. The lowest BCUT2D eigenvalue weighted by Gasteiger charge is -2.17. The van der Waals surface area contributed by atoms with Gasteiger partial charge in [-0.3, -0.25) is 5.10 Å². The van der Waals surface area contributed by atoms with Crippen molar-refractivity contribution in [3.63, 3.8) is 0 Å². The number of halogens is 2.